The number of thioether (sulfide) groups is 1. The van der Waals surface area contributed by atoms with Gasteiger partial charge in [0.25, 0.3) is 0 Å². The normalized spacial score (nSPS) is 18.6. The molecule has 1 unspecified atom stereocenters. The second-order valence-electron chi connectivity index (χ2n) is 4.07. The van der Waals surface area contributed by atoms with Crippen molar-refractivity contribution in [2.75, 3.05) is 11.1 Å². The van der Waals surface area contributed by atoms with Gasteiger partial charge < -0.3 is 5.32 Å². The molecule has 1 amide bonds. The number of H-pyrrole nitrogens is 1. The maximum absolute atomic E-state index is 14.0. The average molecular weight is 298 g/mol. The summed E-state index contributed by atoms with van der Waals surface area (Å²) in [5.41, 5.74) is 1.11. The molecule has 0 spiro atoms. The molecule has 0 radical (unpaired) electrons. The Labute approximate surface area is 117 Å². The zero-order chi connectivity index (χ0) is 13.4. The number of amides is 1. The lowest BCUT2D eigenvalue weighted by molar-refractivity contribution is -0.113. The van der Waals surface area contributed by atoms with Crippen LogP contribution in [0, 0.1) is 5.82 Å². The van der Waals surface area contributed by atoms with Gasteiger partial charge in [0.05, 0.1) is 17.2 Å². The molecule has 1 aliphatic heterocycles. The van der Waals surface area contributed by atoms with Crippen molar-refractivity contribution in [1.82, 2.24) is 10.2 Å². The van der Waals surface area contributed by atoms with Crippen molar-refractivity contribution >= 4 is 35.1 Å². The Kier molecular flexibility index (Phi) is 3.20. The van der Waals surface area contributed by atoms with Gasteiger partial charge in [-0.05, 0) is 12.1 Å². The molecule has 1 aromatic heterocycles. The molecule has 3 rings (SSSR count). The maximum Gasteiger partial charge on any atom is 0.235 e. The Hall–Kier alpha value is -1.53. The topological polar surface area (TPSA) is 57.8 Å². The van der Waals surface area contributed by atoms with E-state index in [1.807, 2.05) is 0 Å². The fraction of sp³-hybridized carbons (Fsp3) is 0.167. The molecular formula is C12H9ClFN3OS. The van der Waals surface area contributed by atoms with Crippen molar-refractivity contribution in [1.29, 1.82) is 0 Å². The number of nitrogens with zero attached hydrogens (tertiary/aromatic N) is 1. The first kappa shape index (κ1) is 12.5. The number of carbonyl (C=O) groups excluding carboxylic acids is 1. The third kappa shape index (κ3) is 2.21. The molecule has 0 fully saturated rings. The zero-order valence-corrected chi connectivity index (χ0v) is 11.2. The summed E-state index contributed by atoms with van der Waals surface area (Å²) in [7, 11) is 0. The molecule has 0 saturated heterocycles. The molecule has 0 bridgehead atoms. The van der Waals surface area contributed by atoms with Gasteiger partial charge in [0, 0.05) is 16.1 Å². The second kappa shape index (κ2) is 4.86. The number of nitrogens with one attached hydrogen (secondary N) is 2. The summed E-state index contributed by atoms with van der Waals surface area (Å²) in [6.07, 6.45) is 1.58. The number of anilines is 1. The minimum Gasteiger partial charge on any atom is -0.310 e. The minimum atomic E-state index is -0.383. The highest BCUT2D eigenvalue weighted by molar-refractivity contribution is 8.00. The van der Waals surface area contributed by atoms with Crippen LogP contribution in [0.4, 0.5) is 10.2 Å². The number of carbonyl (C=O) groups is 1. The minimum absolute atomic E-state index is 0.148. The third-order valence-electron chi connectivity index (χ3n) is 2.86. The quantitative estimate of drug-likeness (QED) is 0.851. The van der Waals surface area contributed by atoms with Crippen molar-refractivity contribution in [3.05, 3.63) is 46.4 Å². The number of hydrogen-bond acceptors (Lipinski definition) is 3. The van der Waals surface area contributed by atoms with Crippen LogP contribution >= 0.6 is 23.4 Å². The summed E-state index contributed by atoms with van der Waals surface area (Å²) in [5, 5.41) is 9.29. The van der Waals surface area contributed by atoms with E-state index in [9.17, 15) is 9.18 Å². The van der Waals surface area contributed by atoms with Crippen LogP contribution in [0.15, 0.2) is 24.4 Å². The van der Waals surface area contributed by atoms with Crippen molar-refractivity contribution in [2.45, 2.75) is 5.25 Å². The van der Waals surface area contributed by atoms with E-state index in [0.29, 0.717) is 16.4 Å². The van der Waals surface area contributed by atoms with E-state index < -0.39 is 0 Å². The van der Waals surface area contributed by atoms with Crippen LogP contribution in [0.1, 0.15) is 16.4 Å². The van der Waals surface area contributed by atoms with Crippen molar-refractivity contribution in [3.8, 4) is 0 Å². The van der Waals surface area contributed by atoms with Crippen molar-refractivity contribution < 1.29 is 9.18 Å². The first-order valence-corrected chi connectivity index (χ1v) is 6.98. The molecule has 1 aliphatic rings. The molecule has 1 aromatic carbocycles. The Morgan fingerprint density at radius 3 is 3.11 bits per heavy atom. The van der Waals surface area contributed by atoms with Gasteiger partial charge in [-0.1, -0.05) is 17.7 Å². The molecule has 0 aliphatic carbocycles. The van der Waals surface area contributed by atoms with Crippen LogP contribution in [0.5, 0.6) is 0 Å². The molecule has 4 nitrogen and oxygen atoms in total. The lowest BCUT2D eigenvalue weighted by atomic mass is 10.1. The predicted molar refractivity (Wildman–Crippen MR) is 72.9 cm³/mol. The largest absolute Gasteiger partial charge is 0.310 e. The van der Waals surface area contributed by atoms with Crippen molar-refractivity contribution in [3.63, 3.8) is 0 Å². The van der Waals surface area contributed by atoms with Crippen LogP contribution in [-0.4, -0.2) is 21.9 Å². The number of benzene rings is 1. The molecule has 0 saturated carbocycles. The van der Waals surface area contributed by atoms with Crippen LogP contribution in [0.2, 0.25) is 5.02 Å². The van der Waals surface area contributed by atoms with Gasteiger partial charge in [-0.3, -0.25) is 9.89 Å². The molecule has 2 N–H and O–H groups in total. The summed E-state index contributed by atoms with van der Waals surface area (Å²) in [4.78, 5) is 11.6. The Bertz CT molecular complexity index is 625. The van der Waals surface area contributed by atoms with E-state index in [4.69, 9.17) is 11.6 Å². The molecule has 2 heterocycles. The van der Waals surface area contributed by atoms with Crippen LogP contribution in [0.3, 0.4) is 0 Å². The monoisotopic (exact) mass is 297 g/mol. The SMILES string of the molecule is O=C1CSC(c2c(F)cccc2Cl)c2cn[nH]c2N1. The first-order valence-electron chi connectivity index (χ1n) is 5.55. The summed E-state index contributed by atoms with van der Waals surface area (Å²) in [6, 6.07) is 4.56. The highest BCUT2D eigenvalue weighted by Gasteiger charge is 2.29. The smallest absolute Gasteiger partial charge is 0.235 e. The number of fused-ring (bicyclic) bond motifs is 1. The van der Waals surface area contributed by atoms with E-state index in [0.717, 1.165) is 5.56 Å². The Morgan fingerprint density at radius 2 is 2.32 bits per heavy atom. The van der Waals surface area contributed by atoms with E-state index >= 15 is 0 Å². The Balaban J connectivity index is 2.13. The maximum atomic E-state index is 14.0. The van der Waals surface area contributed by atoms with E-state index in [2.05, 4.69) is 15.5 Å². The van der Waals surface area contributed by atoms with Gasteiger partial charge >= 0.3 is 0 Å². The second-order valence-corrected chi connectivity index (χ2v) is 5.58. The van der Waals surface area contributed by atoms with E-state index in [1.165, 1.54) is 17.8 Å². The van der Waals surface area contributed by atoms with Crippen LogP contribution < -0.4 is 5.32 Å². The zero-order valence-electron chi connectivity index (χ0n) is 9.61. The molecule has 98 valence electrons. The lowest BCUT2D eigenvalue weighted by Gasteiger charge is -2.16. The molecular weight excluding hydrogens is 289 g/mol. The summed E-state index contributed by atoms with van der Waals surface area (Å²) >= 11 is 7.42. The number of halogens is 2. The highest BCUT2D eigenvalue weighted by Crippen LogP contribution is 2.43. The molecule has 2 aromatic rings. The van der Waals surface area contributed by atoms with Crippen LogP contribution in [0.25, 0.3) is 0 Å². The average Bonchev–Trinajstić information content (AvgIpc) is 2.75. The van der Waals surface area contributed by atoms with Gasteiger partial charge in [-0.2, -0.15) is 5.10 Å². The van der Waals surface area contributed by atoms with Crippen LogP contribution in [-0.2, 0) is 4.79 Å². The summed E-state index contributed by atoms with van der Waals surface area (Å²) in [5.74, 6) is 0.203. The van der Waals surface area contributed by atoms with E-state index in [1.54, 1.807) is 18.3 Å². The number of aromatic amines is 1. The van der Waals surface area contributed by atoms with Gasteiger partial charge in [0.2, 0.25) is 5.91 Å². The molecule has 19 heavy (non-hydrogen) atoms. The fourth-order valence-electron chi connectivity index (χ4n) is 2.02. The number of hydrogen-bond donors (Lipinski definition) is 2. The van der Waals surface area contributed by atoms with Gasteiger partial charge in [-0.25, -0.2) is 4.39 Å². The number of rotatable bonds is 1. The predicted octanol–water partition coefficient (Wildman–Crippen LogP) is 2.98. The van der Waals surface area contributed by atoms with Gasteiger partial charge in [-0.15, -0.1) is 11.8 Å². The summed E-state index contributed by atoms with van der Waals surface area (Å²) in [6.45, 7) is 0. The van der Waals surface area contributed by atoms with E-state index in [-0.39, 0.29) is 22.7 Å². The highest BCUT2D eigenvalue weighted by atomic mass is 35.5. The van der Waals surface area contributed by atoms with Crippen molar-refractivity contribution in [2.24, 2.45) is 0 Å². The molecule has 7 heteroatoms. The summed E-state index contributed by atoms with van der Waals surface area (Å²) < 4.78 is 14.0. The third-order valence-corrected chi connectivity index (χ3v) is 4.44. The van der Waals surface area contributed by atoms with Gasteiger partial charge in [0.15, 0.2) is 0 Å². The first-order chi connectivity index (χ1) is 9.16. The molecule has 1 atom stereocenters. The Morgan fingerprint density at radius 1 is 1.47 bits per heavy atom. The standard InChI is InChI=1S/C12H9ClFN3OS/c13-7-2-1-3-8(14)10(7)11-6-4-15-17-12(6)16-9(18)5-19-11/h1-4,11H,5H2,(H2,15,16,17,18). The number of aromatic nitrogens is 2. The lowest BCUT2D eigenvalue weighted by Crippen LogP contribution is -2.12. The van der Waals surface area contributed by atoms with Gasteiger partial charge in [0.1, 0.15) is 11.6 Å². The fourth-order valence-corrected chi connectivity index (χ4v) is 3.51.